The molecule has 0 aliphatic carbocycles. The lowest BCUT2D eigenvalue weighted by Gasteiger charge is -2.34. The molecule has 1 aromatic carbocycles. The summed E-state index contributed by atoms with van der Waals surface area (Å²) in [5.74, 6) is 1.76. The Kier molecular flexibility index (Phi) is 4.63. The number of hydrogen-bond donors (Lipinski definition) is 0. The molecule has 144 valence electrons. The molecule has 8 nitrogen and oxygen atoms in total. The molecule has 1 fully saturated rings. The first-order valence-electron chi connectivity index (χ1n) is 8.93. The number of benzene rings is 1. The summed E-state index contributed by atoms with van der Waals surface area (Å²) in [6.45, 7) is -0.794. The maximum atomic E-state index is 12.6. The summed E-state index contributed by atoms with van der Waals surface area (Å²) in [5, 5.41) is 19.7. The maximum Gasteiger partial charge on any atom is 0.387 e. The molecule has 2 aliphatic rings. The van der Waals surface area contributed by atoms with Crippen molar-refractivity contribution in [3.05, 3.63) is 40.0 Å². The number of alkyl halides is 2. The van der Waals surface area contributed by atoms with Crippen LogP contribution in [0.3, 0.4) is 0 Å². The SMILES string of the molecule is O=[N+]([O-])c1ccc(N2CCCC(c3nnc4n3CCC4)C2)cc1OC(F)F. The third-order valence-electron chi connectivity index (χ3n) is 5.15. The van der Waals surface area contributed by atoms with E-state index < -0.39 is 23.0 Å². The number of nitro groups is 1. The Hall–Kier alpha value is -2.78. The quantitative estimate of drug-likeness (QED) is 0.586. The van der Waals surface area contributed by atoms with Gasteiger partial charge in [0.2, 0.25) is 5.75 Å². The number of piperidine rings is 1. The molecule has 27 heavy (non-hydrogen) atoms. The van der Waals surface area contributed by atoms with Crippen molar-refractivity contribution in [3.63, 3.8) is 0 Å². The lowest BCUT2D eigenvalue weighted by molar-refractivity contribution is -0.386. The number of anilines is 1. The molecule has 1 unspecified atom stereocenters. The van der Waals surface area contributed by atoms with Crippen LogP contribution >= 0.6 is 0 Å². The number of nitrogens with zero attached hydrogens (tertiary/aromatic N) is 5. The highest BCUT2D eigenvalue weighted by Crippen LogP contribution is 2.36. The molecule has 10 heteroatoms. The van der Waals surface area contributed by atoms with E-state index in [-0.39, 0.29) is 5.92 Å². The van der Waals surface area contributed by atoms with Crippen LogP contribution in [0.15, 0.2) is 18.2 Å². The molecular weight excluding hydrogens is 360 g/mol. The Bertz CT molecular complexity index is 857. The zero-order valence-corrected chi connectivity index (χ0v) is 14.6. The van der Waals surface area contributed by atoms with E-state index in [9.17, 15) is 18.9 Å². The first-order valence-corrected chi connectivity index (χ1v) is 8.93. The van der Waals surface area contributed by atoms with Crippen LogP contribution in [0.2, 0.25) is 0 Å². The van der Waals surface area contributed by atoms with Crippen LogP contribution in [0.25, 0.3) is 0 Å². The van der Waals surface area contributed by atoms with Gasteiger partial charge in [0.15, 0.2) is 0 Å². The lowest BCUT2D eigenvalue weighted by Crippen LogP contribution is -2.35. The minimum absolute atomic E-state index is 0.188. The summed E-state index contributed by atoms with van der Waals surface area (Å²) in [7, 11) is 0. The fourth-order valence-electron chi connectivity index (χ4n) is 3.94. The molecule has 1 aromatic heterocycles. The highest BCUT2D eigenvalue weighted by atomic mass is 19.3. The van der Waals surface area contributed by atoms with Crippen molar-refractivity contribution >= 4 is 11.4 Å². The van der Waals surface area contributed by atoms with Crippen LogP contribution in [0, 0.1) is 10.1 Å². The van der Waals surface area contributed by atoms with Crippen LogP contribution in [0.5, 0.6) is 5.75 Å². The van der Waals surface area contributed by atoms with Crippen LogP contribution in [-0.4, -0.2) is 39.4 Å². The van der Waals surface area contributed by atoms with Crippen LogP contribution in [0.1, 0.15) is 36.8 Å². The lowest BCUT2D eigenvalue weighted by atomic mass is 9.96. The summed E-state index contributed by atoms with van der Waals surface area (Å²) < 4.78 is 31.8. The van der Waals surface area contributed by atoms with E-state index in [2.05, 4.69) is 19.5 Å². The van der Waals surface area contributed by atoms with E-state index in [1.54, 1.807) is 6.07 Å². The monoisotopic (exact) mass is 379 g/mol. The number of rotatable bonds is 5. The number of fused-ring (bicyclic) bond motifs is 1. The number of aryl methyl sites for hydroxylation is 1. The predicted octanol–water partition coefficient (Wildman–Crippen LogP) is 3.12. The van der Waals surface area contributed by atoms with Crippen molar-refractivity contribution in [1.82, 2.24) is 14.8 Å². The standard InChI is InChI=1S/C17H19F2N5O3/c18-17(19)27-14-9-12(5-6-13(14)24(25)26)22-7-1-3-11(10-22)16-21-20-15-4-2-8-23(15)16/h5-6,9,11,17H,1-4,7-8,10H2. The Balaban J connectivity index is 1.58. The van der Waals surface area contributed by atoms with Crippen molar-refractivity contribution in [2.75, 3.05) is 18.0 Å². The molecule has 0 amide bonds. The first-order chi connectivity index (χ1) is 13.0. The number of nitro benzene ring substituents is 1. The maximum absolute atomic E-state index is 12.6. The zero-order chi connectivity index (χ0) is 19.0. The van der Waals surface area contributed by atoms with Crippen molar-refractivity contribution in [2.45, 2.75) is 44.8 Å². The van der Waals surface area contributed by atoms with E-state index in [1.165, 1.54) is 12.1 Å². The predicted molar refractivity (Wildman–Crippen MR) is 92.3 cm³/mol. The van der Waals surface area contributed by atoms with Gasteiger partial charge >= 0.3 is 12.3 Å². The molecule has 0 radical (unpaired) electrons. The third kappa shape index (κ3) is 3.43. The van der Waals surface area contributed by atoms with Gasteiger partial charge in [-0.25, -0.2) is 0 Å². The average molecular weight is 379 g/mol. The Morgan fingerprint density at radius 2 is 2.11 bits per heavy atom. The fraction of sp³-hybridized carbons (Fsp3) is 0.529. The summed E-state index contributed by atoms with van der Waals surface area (Å²) in [6, 6.07) is 4.11. The van der Waals surface area contributed by atoms with Crippen LogP contribution in [0.4, 0.5) is 20.2 Å². The van der Waals surface area contributed by atoms with E-state index in [0.717, 1.165) is 50.4 Å². The molecule has 0 bridgehead atoms. The highest BCUT2D eigenvalue weighted by Gasteiger charge is 2.29. The Morgan fingerprint density at radius 3 is 2.89 bits per heavy atom. The van der Waals surface area contributed by atoms with E-state index in [0.29, 0.717) is 12.2 Å². The minimum Gasteiger partial charge on any atom is -0.427 e. The van der Waals surface area contributed by atoms with Crippen LogP contribution < -0.4 is 9.64 Å². The van der Waals surface area contributed by atoms with E-state index in [1.807, 2.05) is 4.90 Å². The molecule has 2 aliphatic heterocycles. The normalized spacial score (nSPS) is 19.4. The Labute approximate surface area is 153 Å². The van der Waals surface area contributed by atoms with Gasteiger partial charge in [-0.05, 0) is 25.3 Å². The molecule has 3 heterocycles. The van der Waals surface area contributed by atoms with Gasteiger partial charge in [-0.2, -0.15) is 8.78 Å². The minimum atomic E-state index is -3.12. The van der Waals surface area contributed by atoms with Gasteiger partial charge in [-0.1, -0.05) is 0 Å². The molecule has 1 saturated heterocycles. The van der Waals surface area contributed by atoms with Gasteiger partial charge in [-0.3, -0.25) is 10.1 Å². The van der Waals surface area contributed by atoms with Crippen molar-refractivity contribution in [2.24, 2.45) is 0 Å². The first kappa shape index (κ1) is 17.6. The average Bonchev–Trinajstić information content (AvgIpc) is 3.24. The fourth-order valence-corrected chi connectivity index (χ4v) is 3.94. The van der Waals surface area contributed by atoms with Crippen molar-refractivity contribution in [3.8, 4) is 5.75 Å². The zero-order valence-electron chi connectivity index (χ0n) is 14.6. The summed E-state index contributed by atoms with van der Waals surface area (Å²) in [4.78, 5) is 12.4. The number of halogens is 2. The number of ether oxygens (including phenoxy) is 1. The smallest absolute Gasteiger partial charge is 0.387 e. The highest BCUT2D eigenvalue weighted by molar-refractivity contribution is 5.59. The van der Waals surface area contributed by atoms with Gasteiger partial charge in [0.1, 0.15) is 11.6 Å². The van der Waals surface area contributed by atoms with Gasteiger partial charge in [0, 0.05) is 49.8 Å². The second-order valence-electron chi connectivity index (χ2n) is 6.80. The van der Waals surface area contributed by atoms with Gasteiger partial charge in [0.05, 0.1) is 4.92 Å². The topological polar surface area (TPSA) is 86.3 Å². The van der Waals surface area contributed by atoms with Gasteiger partial charge in [-0.15, -0.1) is 10.2 Å². The Morgan fingerprint density at radius 1 is 1.26 bits per heavy atom. The molecule has 2 aromatic rings. The molecule has 0 N–H and O–H groups in total. The molecule has 4 rings (SSSR count). The largest absolute Gasteiger partial charge is 0.427 e. The molecule has 1 atom stereocenters. The second-order valence-corrected chi connectivity index (χ2v) is 6.80. The second kappa shape index (κ2) is 7.09. The van der Waals surface area contributed by atoms with E-state index in [4.69, 9.17) is 0 Å². The molecule has 0 saturated carbocycles. The molecule has 0 spiro atoms. The molecular formula is C17H19F2N5O3. The van der Waals surface area contributed by atoms with Crippen molar-refractivity contribution in [1.29, 1.82) is 0 Å². The third-order valence-corrected chi connectivity index (χ3v) is 5.15. The van der Waals surface area contributed by atoms with E-state index >= 15 is 0 Å². The summed E-state index contributed by atoms with van der Waals surface area (Å²) in [6.07, 6.45) is 3.90. The van der Waals surface area contributed by atoms with Gasteiger partial charge < -0.3 is 14.2 Å². The number of hydrogen-bond acceptors (Lipinski definition) is 6. The summed E-state index contributed by atoms with van der Waals surface area (Å²) >= 11 is 0. The number of aromatic nitrogens is 3. The van der Waals surface area contributed by atoms with Gasteiger partial charge in [0.25, 0.3) is 0 Å². The van der Waals surface area contributed by atoms with Crippen molar-refractivity contribution < 1.29 is 18.4 Å². The summed E-state index contributed by atoms with van der Waals surface area (Å²) in [5.41, 5.74) is 0.157. The van der Waals surface area contributed by atoms with Crippen LogP contribution in [-0.2, 0) is 13.0 Å².